The molecule has 1 rings (SSSR count). The quantitative estimate of drug-likeness (QED) is 0.629. The zero-order valence-electron chi connectivity index (χ0n) is 10.8. The molecular formula is C13H16FNO4. The lowest BCUT2D eigenvalue weighted by Gasteiger charge is -2.17. The molecule has 0 aliphatic carbocycles. The third-order valence-corrected chi connectivity index (χ3v) is 2.22. The number of anilines is 1. The Balaban J connectivity index is 2.88. The van der Waals surface area contributed by atoms with E-state index in [2.05, 4.69) is 5.32 Å². The van der Waals surface area contributed by atoms with Crippen LogP contribution in [0.25, 0.3) is 0 Å². The fraction of sp³-hybridized carbons (Fsp3) is 0.385. The number of halogens is 1. The number of esters is 2. The fourth-order valence-electron chi connectivity index (χ4n) is 1.40. The summed E-state index contributed by atoms with van der Waals surface area (Å²) in [5.41, 5.74) is 0.0357. The Kier molecular flexibility index (Phi) is 5.78. The highest BCUT2D eigenvalue weighted by Gasteiger charge is 2.30. The number of rotatable bonds is 6. The van der Waals surface area contributed by atoms with Crippen molar-refractivity contribution < 1.29 is 23.5 Å². The van der Waals surface area contributed by atoms with Gasteiger partial charge >= 0.3 is 11.9 Å². The summed E-state index contributed by atoms with van der Waals surface area (Å²) in [5, 5.41) is 2.49. The lowest BCUT2D eigenvalue weighted by Crippen LogP contribution is -2.40. The molecule has 0 spiro atoms. The van der Waals surface area contributed by atoms with Crippen molar-refractivity contribution in [3.05, 3.63) is 30.1 Å². The largest absolute Gasteiger partial charge is 0.464 e. The van der Waals surface area contributed by atoms with Crippen LogP contribution in [0, 0.1) is 5.82 Å². The van der Waals surface area contributed by atoms with E-state index in [1.807, 2.05) is 0 Å². The molecule has 6 heteroatoms. The van der Waals surface area contributed by atoms with E-state index in [9.17, 15) is 14.0 Å². The van der Waals surface area contributed by atoms with Crippen LogP contribution in [0.2, 0.25) is 0 Å². The predicted molar refractivity (Wildman–Crippen MR) is 67.1 cm³/mol. The van der Waals surface area contributed by atoms with E-state index in [4.69, 9.17) is 9.47 Å². The van der Waals surface area contributed by atoms with E-state index < -0.39 is 23.8 Å². The summed E-state index contributed by atoms with van der Waals surface area (Å²) in [5.74, 6) is -2.17. The van der Waals surface area contributed by atoms with Crippen LogP contribution in [-0.4, -0.2) is 31.2 Å². The van der Waals surface area contributed by atoms with Gasteiger partial charge in [-0.3, -0.25) is 0 Å². The van der Waals surface area contributed by atoms with Crippen LogP contribution in [0.15, 0.2) is 24.3 Å². The minimum atomic E-state index is -1.38. The van der Waals surface area contributed by atoms with Crippen molar-refractivity contribution in [1.29, 1.82) is 0 Å². The highest BCUT2D eigenvalue weighted by Crippen LogP contribution is 2.14. The number of nitrogens with one attached hydrogen (secondary N) is 1. The van der Waals surface area contributed by atoms with Gasteiger partial charge in [-0.05, 0) is 26.0 Å². The summed E-state index contributed by atoms with van der Waals surface area (Å²) in [6.45, 7) is 3.47. The first-order valence-corrected chi connectivity index (χ1v) is 5.94. The van der Waals surface area contributed by atoms with Crippen LogP contribution in [0.3, 0.4) is 0 Å². The molecule has 104 valence electrons. The second-order valence-electron chi connectivity index (χ2n) is 3.56. The molecule has 0 heterocycles. The summed E-state index contributed by atoms with van der Waals surface area (Å²) in [7, 11) is 0. The fourth-order valence-corrected chi connectivity index (χ4v) is 1.40. The number of hydrogen-bond acceptors (Lipinski definition) is 5. The molecule has 0 aromatic heterocycles. The van der Waals surface area contributed by atoms with Crippen LogP contribution in [-0.2, 0) is 19.1 Å². The highest BCUT2D eigenvalue weighted by atomic mass is 19.1. The van der Waals surface area contributed by atoms with Crippen LogP contribution in [0.1, 0.15) is 13.8 Å². The standard InChI is InChI=1S/C13H16FNO4/c1-3-18-12(16)11(13(17)19-4-2)15-10-8-6-5-7-9(10)14/h5-8,11,15H,3-4H2,1-2H3. The zero-order valence-corrected chi connectivity index (χ0v) is 10.8. The zero-order chi connectivity index (χ0) is 14.3. The molecule has 0 saturated heterocycles. The van der Waals surface area contributed by atoms with Gasteiger partial charge in [-0.2, -0.15) is 0 Å². The second kappa shape index (κ2) is 7.35. The van der Waals surface area contributed by atoms with Crippen molar-refractivity contribution in [3.63, 3.8) is 0 Å². The highest BCUT2D eigenvalue weighted by molar-refractivity contribution is 6.02. The molecule has 19 heavy (non-hydrogen) atoms. The molecule has 0 unspecified atom stereocenters. The molecule has 0 radical (unpaired) electrons. The van der Waals surface area contributed by atoms with Gasteiger partial charge in [-0.1, -0.05) is 12.1 Å². The van der Waals surface area contributed by atoms with Gasteiger partial charge in [0.2, 0.25) is 6.04 Å². The van der Waals surface area contributed by atoms with E-state index in [0.29, 0.717) is 0 Å². The van der Waals surface area contributed by atoms with E-state index in [1.54, 1.807) is 19.9 Å². The van der Waals surface area contributed by atoms with Gasteiger partial charge in [-0.25, -0.2) is 14.0 Å². The molecule has 0 atom stereocenters. The number of carbonyl (C=O) groups is 2. The van der Waals surface area contributed by atoms with Crippen LogP contribution in [0.5, 0.6) is 0 Å². The lowest BCUT2D eigenvalue weighted by atomic mass is 10.2. The van der Waals surface area contributed by atoms with Gasteiger partial charge in [-0.15, -0.1) is 0 Å². The maximum absolute atomic E-state index is 13.5. The molecule has 0 aliphatic rings. The Morgan fingerprint density at radius 1 is 1.16 bits per heavy atom. The molecule has 0 aliphatic heterocycles. The van der Waals surface area contributed by atoms with E-state index in [0.717, 1.165) is 0 Å². The Morgan fingerprint density at radius 3 is 2.16 bits per heavy atom. The van der Waals surface area contributed by atoms with E-state index in [1.165, 1.54) is 18.2 Å². The SMILES string of the molecule is CCOC(=O)C(Nc1ccccc1F)C(=O)OCC. The first-order valence-electron chi connectivity index (χ1n) is 5.94. The van der Waals surface area contributed by atoms with Gasteiger partial charge in [0.1, 0.15) is 5.82 Å². The molecule has 0 amide bonds. The molecule has 0 fully saturated rings. The normalized spacial score (nSPS) is 10.1. The van der Waals surface area contributed by atoms with Crippen LogP contribution >= 0.6 is 0 Å². The summed E-state index contributed by atoms with van der Waals surface area (Å²) < 4.78 is 23.0. The third kappa shape index (κ3) is 4.24. The molecule has 1 N–H and O–H groups in total. The first-order chi connectivity index (χ1) is 9.10. The molecule has 1 aromatic carbocycles. The Labute approximate surface area is 110 Å². The van der Waals surface area contributed by atoms with E-state index in [-0.39, 0.29) is 18.9 Å². The summed E-state index contributed by atoms with van der Waals surface area (Å²) in [6, 6.07) is 4.34. The molecule has 1 aromatic rings. The second-order valence-corrected chi connectivity index (χ2v) is 3.56. The van der Waals surface area contributed by atoms with Crippen molar-refractivity contribution in [3.8, 4) is 0 Å². The van der Waals surface area contributed by atoms with Gasteiger partial charge in [0.15, 0.2) is 0 Å². The van der Waals surface area contributed by atoms with E-state index >= 15 is 0 Å². The molecular weight excluding hydrogens is 253 g/mol. The number of carbonyl (C=O) groups excluding carboxylic acids is 2. The van der Waals surface area contributed by atoms with Crippen molar-refractivity contribution in [2.75, 3.05) is 18.5 Å². The van der Waals surface area contributed by atoms with Crippen molar-refractivity contribution >= 4 is 17.6 Å². The van der Waals surface area contributed by atoms with Gasteiger partial charge in [0.25, 0.3) is 0 Å². The lowest BCUT2D eigenvalue weighted by molar-refractivity contribution is -0.155. The minimum absolute atomic E-state index is 0.0357. The van der Waals surface area contributed by atoms with Crippen molar-refractivity contribution in [2.24, 2.45) is 0 Å². The minimum Gasteiger partial charge on any atom is -0.464 e. The number of para-hydroxylation sites is 1. The first kappa shape index (κ1) is 14.9. The summed E-state index contributed by atoms with van der Waals surface area (Å²) in [6.07, 6.45) is 0. The van der Waals surface area contributed by atoms with Crippen LogP contribution in [0.4, 0.5) is 10.1 Å². The molecule has 0 saturated carbocycles. The third-order valence-electron chi connectivity index (χ3n) is 2.22. The van der Waals surface area contributed by atoms with Gasteiger partial charge in [0.05, 0.1) is 18.9 Å². The predicted octanol–water partition coefficient (Wildman–Crippen LogP) is 1.73. The average molecular weight is 269 g/mol. The van der Waals surface area contributed by atoms with Crippen LogP contribution < -0.4 is 5.32 Å². The van der Waals surface area contributed by atoms with Gasteiger partial charge in [0, 0.05) is 0 Å². The average Bonchev–Trinajstić information content (AvgIpc) is 2.38. The molecule has 5 nitrogen and oxygen atoms in total. The van der Waals surface area contributed by atoms with Crippen molar-refractivity contribution in [2.45, 2.75) is 19.9 Å². The van der Waals surface area contributed by atoms with Gasteiger partial charge < -0.3 is 14.8 Å². The number of ether oxygens (including phenoxy) is 2. The Bertz CT molecular complexity index is 432. The van der Waals surface area contributed by atoms with Crippen molar-refractivity contribution in [1.82, 2.24) is 0 Å². The maximum atomic E-state index is 13.5. The monoisotopic (exact) mass is 269 g/mol. The smallest absolute Gasteiger partial charge is 0.340 e. The number of hydrogen-bond donors (Lipinski definition) is 1. The molecule has 0 bridgehead atoms. The summed E-state index contributed by atoms with van der Waals surface area (Å²) in [4.78, 5) is 23.3. The summed E-state index contributed by atoms with van der Waals surface area (Å²) >= 11 is 0. The topological polar surface area (TPSA) is 64.6 Å². The number of benzene rings is 1. The maximum Gasteiger partial charge on any atom is 0.340 e. The Morgan fingerprint density at radius 2 is 1.68 bits per heavy atom. The Hall–Kier alpha value is -2.11.